The third-order valence-corrected chi connectivity index (χ3v) is 8.30. The minimum atomic E-state index is -2.18. The Balaban J connectivity index is 2.17. The van der Waals surface area contributed by atoms with Gasteiger partial charge in [0.1, 0.15) is 5.75 Å². The van der Waals surface area contributed by atoms with Gasteiger partial charge in [0, 0.05) is 19.4 Å². The monoisotopic (exact) mass is 308 g/mol. The number of para-hydroxylation sites is 1. The van der Waals surface area contributed by atoms with E-state index in [4.69, 9.17) is 9.47 Å². The van der Waals surface area contributed by atoms with Crippen molar-refractivity contribution in [3.63, 3.8) is 0 Å². The number of hydrogen-bond donors (Lipinski definition) is 1. The Kier molecular flexibility index (Phi) is 4.26. The molecule has 1 atom stereocenters. The molecular formula is C17H28O3Si. The molecule has 2 rings (SSSR count). The SMILES string of the molecule is CC1(C)Oc2ccccc2[C@H](CCC(C)(C)[Si](C)(C)O)O1. The topological polar surface area (TPSA) is 38.7 Å². The largest absolute Gasteiger partial charge is 0.463 e. The summed E-state index contributed by atoms with van der Waals surface area (Å²) in [7, 11) is -2.18. The van der Waals surface area contributed by atoms with Gasteiger partial charge in [0.05, 0.1) is 6.10 Å². The fraction of sp³-hybridized carbons (Fsp3) is 0.647. The van der Waals surface area contributed by atoms with E-state index < -0.39 is 14.1 Å². The second-order valence-electron chi connectivity index (χ2n) is 7.63. The molecule has 0 unspecified atom stereocenters. The molecule has 0 bridgehead atoms. The van der Waals surface area contributed by atoms with Crippen LogP contribution in [-0.4, -0.2) is 18.9 Å². The highest BCUT2D eigenvalue weighted by Crippen LogP contribution is 2.46. The quantitative estimate of drug-likeness (QED) is 0.824. The molecule has 1 aromatic carbocycles. The molecule has 0 saturated carbocycles. The van der Waals surface area contributed by atoms with E-state index in [2.05, 4.69) is 19.9 Å². The Morgan fingerprint density at radius 1 is 1.24 bits per heavy atom. The Hall–Kier alpha value is -0.843. The first kappa shape index (κ1) is 16.5. The van der Waals surface area contributed by atoms with E-state index in [9.17, 15) is 4.80 Å². The molecule has 4 heteroatoms. The fourth-order valence-electron chi connectivity index (χ4n) is 2.55. The highest BCUT2D eigenvalue weighted by molar-refractivity contribution is 6.72. The van der Waals surface area contributed by atoms with Gasteiger partial charge in [-0.3, -0.25) is 0 Å². The molecule has 0 spiro atoms. The molecule has 0 amide bonds. The lowest BCUT2D eigenvalue weighted by Crippen LogP contribution is -2.40. The summed E-state index contributed by atoms with van der Waals surface area (Å²) in [6.07, 6.45) is 1.87. The normalized spacial score (nSPS) is 21.6. The maximum Gasteiger partial charge on any atom is 0.205 e. The van der Waals surface area contributed by atoms with E-state index in [1.165, 1.54) is 0 Å². The van der Waals surface area contributed by atoms with Crippen LogP contribution in [0, 0.1) is 0 Å². The van der Waals surface area contributed by atoms with Gasteiger partial charge in [-0.1, -0.05) is 32.0 Å². The molecule has 118 valence electrons. The van der Waals surface area contributed by atoms with Gasteiger partial charge in [-0.15, -0.1) is 0 Å². The van der Waals surface area contributed by atoms with Gasteiger partial charge < -0.3 is 14.3 Å². The van der Waals surface area contributed by atoms with E-state index in [0.717, 1.165) is 24.2 Å². The Morgan fingerprint density at radius 3 is 2.48 bits per heavy atom. The summed E-state index contributed by atoms with van der Waals surface area (Å²) in [5, 5.41) is -0.0340. The van der Waals surface area contributed by atoms with E-state index >= 15 is 0 Å². The Morgan fingerprint density at radius 2 is 1.86 bits per heavy atom. The predicted molar refractivity (Wildman–Crippen MR) is 88.0 cm³/mol. The minimum absolute atomic E-state index is 0.0283. The van der Waals surface area contributed by atoms with Gasteiger partial charge in [0.25, 0.3) is 0 Å². The summed E-state index contributed by atoms with van der Waals surface area (Å²) < 4.78 is 12.0. The Labute approximate surface area is 129 Å². The number of ether oxygens (including phenoxy) is 2. The van der Waals surface area contributed by atoms with Crippen LogP contribution in [0.4, 0.5) is 0 Å². The second kappa shape index (κ2) is 5.41. The van der Waals surface area contributed by atoms with Gasteiger partial charge in [-0.2, -0.15) is 0 Å². The average Bonchev–Trinajstić information content (AvgIpc) is 2.33. The third kappa shape index (κ3) is 3.68. The first-order valence-electron chi connectivity index (χ1n) is 7.70. The van der Waals surface area contributed by atoms with Crippen molar-refractivity contribution in [2.75, 3.05) is 0 Å². The molecule has 1 aliphatic heterocycles. The van der Waals surface area contributed by atoms with Crippen LogP contribution in [0.15, 0.2) is 24.3 Å². The lowest BCUT2D eigenvalue weighted by molar-refractivity contribution is -0.209. The van der Waals surface area contributed by atoms with Crippen LogP contribution in [0.3, 0.4) is 0 Å². The summed E-state index contributed by atoms with van der Waals surface area (Å²) in [6, 6.07) is 8.09. The first-order valence-corrected chi connectivity index (χ1v) is 10.6. The van der Waals surface area contributed by atoms with Crippen LogP contribution < -0.4 is 4.74 Å². The molecular weight excluding hydrogens is 280 g/mol. The molecule has 3 nitrogen and oxygen atoms in total. The lowest BCUT2D eigenvalue weighted by Gasteiger charge is -2.40. The zero-order valence-electron chi connectivity index (χ0n) is 14.1. The van der Waals surface area contributed by atoms with E-state index in [1.807, 2.05) is 45.1 Å². The van der Waals surface area contributed by atoms with Crippen molar-refractivity contribution in [3.8, 4) is 5.75 Å². The van der Waals surface area contributed by atoms with Gasteiger partial charge in [-0.25, -0.2) is 0 Å². The van der Waals surface area contributed by atoms with E-state index in [0.29, 0.717) is 0 Å². The first-order chi connectivity index (χ1) is 9.52. The molecule has 0 saturated heterocycles. The minimum Gasteiger partial charge on any atom is -0.463 e. The number of fused-ring (bicyclic) bond motifs is 1. The zero-order valence-corrected chi connectivity index (χ0v) is 15.1. The lowest BCUT2D eigenvalue weighted by atomic mass is 9.97. The van der Waals surface area contributed by atoms with Crippen molar-refractivity contribution >= 4 is 8.32 Å². The van der Waals surface area contributed by atoms with Crippen molar-refractivity contribution in [2.24, 2.45) is 0 Å². The van der Waals surface area contributed by atoms with Crippen LogP contribution in [-0.2, 0) is 4.74 Å². The molecule has 1 aromatic rings. The molecule has 1 N–H and O–H groups in total. The van der Waals surface area contributed by atoms with Gasteiger partial charge >= 0.3 is 0 Å². The maximum absolute atomic E-state index is 10.4. The van der Waals surface area contributed by atoms with Gasteiger partial charge in [0.2, 0.25) is 5.79 Å². The summed E-state index contributed by atoms with van der Waals surface area (Å²) >= 11 is 0. The smallest absolute Gasteiger partial charge is 0.205 e. The number of rotatable bonds is 4. The molecule has 1 heterocycles. The third-order valence-electron chi connectivity index (χ3n) is 4.74. The van der Waals surface area contributed by atoms with Crippen LogP contribution in [0.1, 0.15) is 52.2 Å². The van der Waals surface area contributed by atoms with Crippen molar-refractivity contribution in [3.05, 3.63) is 29.8 Å². The van der Waals surface area contributed by atoms with Crippen LogP contribution >= 0.6 is 0 Å². The Bertz CT molecular complexity index is 503. The molecule has 0 aromatic heterocycles. The van der Waals surface area contributed by atoms with Crippen molar-refractivity contribution < 1.29 is 14.3 Å². The average molecular weight is 308 g/mol. The standard InChI is InChI=1S/C17H28O3Si/c1-16(2,21(5,6)18)12-11-15-13-9-7-8-10-14(13)19-17(3,4)20-15/h7-10,15,18H,11-12H2,1-6H3/t15-/m0/s1. The summed E-state index contributed by atoms with van der Waals surface area (Å²) in [5.74, 6) is 0.312. The summed E-state index contributed by atoms with van der Waals surface area (Å²) in [5.41, 5.74) is 1.12. The van der Waals surface area contributed by atoms with Crippen LogP contribution in [0.5, 0.6) is 5.75 Å². The molecule has 0 radical (unpaired) electrons. The predicted octanol–water partition coefficient (Wildman–Crippen LogP) is 4.63. The van der Waals surface area contributed by atoms with Gasteiger partial charge in [0.15, 0.2) is 8.32 Å². The maximum atomic E-state index is 10.4. The molecule has 0 fully saturated rings. The van der Waals surface area contributed by atoms with E-state index in [-0.39, 0.29) is 11.1 Å². The van der Waals surface area contributed by atoms with Crippen LogP contribution in [0.2, 0.25) is 18.1 Å². The van der Waals surface area contributed by atoms with Crippen molar-refractivity contribution in [2.45, 2.75) is 70.6 Å². The van der Waals surface area contributed by atoms with E-state index in [1.54, 1.807) is 0 Å². The number of hydrogen-bond acceptors (Lipinski definition) is 3. The highest BCUT2D eigenvalue weighted by Gasteiger charge is 2.40. The highest BCUT2D eigenvalue weighted by atomic mass is 28.4. The van der Waals surface area contributed by atoms with Gasteiger partial charge in [-0.05, 0) is 37.0 Å². The fourth-order valence-corrected chi connectivity index (χ4v) is 3.30. The summed E-state index contributed by atoms with van der Waals surface area (Å²) in [6.45, 7) is 12.2. The summed E-state index contributed by atoms with van der Waals surface area (Å²) in [4.78, 5) is 10.4. The molecule has 21 heavy (non-hydrogen) atoms. The molecule has 0 aliphatic carbocycles. The molecule has 1 aliphatic rings. The zero-order chi connectivity index (χ0) is 15.9. The van der Waals surface area contributed by atoms with Crippen molar-refractivity contribution in [1.29, 1.82) is 0 Å². The van der Waals surface area contributed by atoms with Crippen molar-refractivity contribution in [1.82, 2.24) is 0 Å². The number of benzene rings is 1. The second-order valence-corrected chi connectivity index (χ2v) is 12.1. The van der Waals surface area contributed by atoms with Crippen LogP contribution in [0.25, 0.3) is 0 Å².